The van der Waals surface area contributed by atoms with E-state index in [2.05, 4.69) is 5.32 Å². The molecular formula is C13H18FNO3. The molecule has 18 heavy (non-hydrogen) atoms. The van der Waals surface area contributed by atoms with Crippen molar-refractivity contribution in [3.63, 3.8) is 0 Å². The van der Waals surface area contributed by atoms with Crippen LogP contribution >= 0.6 is 0 Å². The molecule has 0 spiro atoms. The summed E-state index contributed by atoms with van der Waals surface area (Å²) in [6, 6.07) is 5.21. The number of ether oxygens (including phenoxy) is 2. The molecular weight excluding hydrogens is 237 g/mol. The Morgan fingerprint density at radius 1 is 1.33 bits per heavy atom. The molecule has 0 saturated carbocycles. The largest absolute Gasteiger partial charge is 0.468 e. The Labute approximate surface area is 106 Å². The van der Waals surface area contributed by atoms with E-state index in [1.807, 2.05) is 0 Å². The Morgan fingerprint density at radius 3 is 2.56 bits per heavy atom. The molecule has 1 aromatic carbocycles. The molecule has 0 aliphatic rings. The lowest BCUT2D eigenvalue weighted by molar-refractivity contribution is -0.143. The van der Waals surface area contributed by atoms with Gasteiger partial charge in [0.05, 0.1) is 7.11 Å². The predicted octanol–water partition coefficient (Wildman–Crippen LogP) is 1.67. The van der Waals surface area contributed by atoms with Crippen LogP contribution in [0.25, 0.3) is 0 Å². The molecule has 0 aromatic heterocycles. The summed E-state index contributed by atoms with van der Waals surface area (Å²) in [5.74, 6) is -0.722. The molecule has 0 aliphatic heterocycles. The van der Waals surface area contributed by atoms with E-state index in [1.165, 1.54) is 19.2 Å². The fourth-order valence-electron chi connectivity index (χ4n) is 1.57. The maximum atomic E-state index is 12.8. The average molecular weight is 255 g/mol. The molecule has 0 saturated heterocycles. The zero-order valence-electron chi connectivity index (χ0n) is 10.6. The topological polar surface area (TPSA) is 47.6 Å². The fourth-order valence-corrected chi connectivity index (χ4v) is 1.57. The molecule has 0 fully saturated rings. The number of carbonyl (C=O) groups is 1. The van der Waals surface area contributed by atoms with Crippen LogP contribution in [0.1, 0.15) is 18.0 Å². The van der Waals surface area contributed by atoms with Crippen molar-refractivity contribution < 1.29 is 18.7 Å². The minimum Gasteiger partial charge on any atom is -0.468 e. The van der Waals surface area contributed by atoms with Crippen molar-refractivity contribution in [1.29, 1.82) is 0 Å². The third-order valence-electron chi connectivity index (χ3n) is 2.51. The van der Waals surface area contributed by atoms with Crippen molar-refractivity contribution in [1.82, 2.24) is 5.32 Å². The molecule has 0 amide bonds. The number of nitrogens with one attached hydrogen (secondary N) is 1. The van der Waals surface area contributed by atoms with E-state index in [-0.39, 0.29) is 11.8 Å². The molecule has 1 atom stereocenters. The summed E-state index contributed by atoms with van der Waals surface area (Å²) in [5.41, 5.74) is 0.681. The van der Waals surface area contributed by atoms with E-state index in [0.717, 1.165) is 6.42 Å². The normalized spacial score (nSPS) is 12.2. The highest BCUT2D eigenvalue weighted by Gasteiger charge is 2.20. The summed E-state index contributed by atoms with van der Waals surface area (Å²) in [4.78, 5) is 11.7. The SMILES string of the molecule is COCCCNC(C(=O)OC)c1ccc(F)cc1. The molecule has 5 heteroatoms. The minimum atomic E-state index is -0.576. The Hall–Kier alpha value is -1.46. The number of benzene rings is 1. The Bertz CT molecular complexity index is 367. The lowest BCUT2D eigenvalue weighted by atomic mass is 10.1. The van der Waals surface area contributed by atoms with Gasteiger partial charge in [0.15, 0.2) is 0 Å². The zero-order valence-corrected chi connectivity index (χ0v) is 10.6. The van der Waals surface area contributed by atoms with Gasteiger partial charge in [0.2, 0.25) is 0 Å². The van der Waals surface area contributed by atoms with Crippen molar-refractivity contribution in [2.45, 2.75) is 12.5 Å². The van der Waals surface area contributed by atoms with Crippen LogP contribution in [0.4, 0.5) is 4.39 Å². The van der Waals surface area contributed by atoms with E-state index >= 15 is 0 Å². The van der Waals surface area contributed by atoms with E-state index in [9.17, 15) is 9.18 Å². The highest BCUT2D eigenvalue weighted by molar-refractivity contribution is 5.77. The van der Waals surface area contributed by atoms with E-state index < -0.39 is 6.04 Å². The van der Waals surface area contributed by atoms with Gasteiger partial charge in [0.1, 0.15) is 11.9 Å². The summed E-state index contributed by atoms with van der Waals surface area (Å²) >= 11 is 0. The second kappa shape index (κ2) is 7.79. The number of esters is 1. The van der Waals surface area contributed by atoms with Gasteiger partial charge in [-0.25, -0.2) is 9.18 Å². The number of rotatable bonds is 7. The second-order valence-corrected chi connectivity index (χ2v) is 3.81. The van der Waals surface area contributed by atoms with Gasteiger partial charge in [-0.2, -0.15) is 0 Å². The van der Waals surface area contributed by atoms with Gasteiger partial charge in [-0.05, 0) is 30.7 Å². The van der Waals surface area contributed by atoms with Crippen LogP contribution in [0, 0.1) is 5.82 Å². The predicted molar refractivity (Wildman–Crippen MR) is 65.7 cm³/mol. The molecule has 0 radical (unpaired) electrons. The quantitative estimate of drug-likeness (QED) is 0.594. The molecule has 1 N–H and O–H groups in total. The summed E-state index contributed by atoms with van der Waals surface area (Å²) in [6.45, 7) is 1.23. The first-order valence-corrected chi connectivity index (χ1v) is 5.74. The third kappa shape index (κ3) is 4.43. The standard InChI is InChI=1S/C13H18FNO3/c1-17-9-3-8-15-12(13(16)18-2)10-4-6-11(14)7-5-10/h4-7,12,15H,3,8-9H2,1-2H3. The molecule has 0 aliphatic carbocycles. The summed E-state index contributed by atoms with van der Waals surface area (Å²) in [6.07, 6.45) is 0.783. The fraction of sp³-hybridized carbons (Fsp3) is 0.462. The second-order valence-electron chi connectivity index (χ2n) is 3.81. The number of hydrogen-bond donors (Lipinski definition) is 1. The molecule has 1 aromatic rings. The highest BCUT2D eigenvalue weighted by Crippen LogP contribution is 2.15. The zero-order chi connectivity index (χ0) is 13.4. The van der Waals surface area contributed by atoms with Crippen molar-refractivity contribution >= 4 is 5.97 Å². The Balaban J connectivity index is 2.66. The lowest BCUT2D eigenvalue weighted by Crippen LogP contribution is -2.30. The summed E-state index contributed by atoms with van der Waals surface area (Å²) in [5, 5.41) is 3.06. The average Bonchev–Trinajstić information content (AvgIpc) is 2.39. The summed E-state index contributed by atoms with van der Waals surface area (Å²) in [7, 11) is 2.95. The highest BCUT2D eigenvalue weighted by atomic mass is 19.1. The van der Waals surface area contributed by atoms with Crippen LogP contribution in [0.3, 0.4) is 0 Å². The van der Waals surface area contributed by atoms with Crippen LogP contribution < -0.4 is 5.32 Å². The van der Waals surface area contributed by atoms with E-state index in [4.69, 9.17) is 9.47 Å². The monoisotopic (exact) mass is 255 g/mol. The van der Waals surface area contributed by atoms with Crippen molar-refractivity contribution in [2.75, 3.05) is 27.4 Å². The van der Waals surface area contributed by atoms with Gasteiger partial charge in [0, 0.05) is 13.7 Å². The van der Waals surface area contributed by atoms with E-state index in [1.54, 1.807) is 19.2 Å². The first-order chi connectivity index (χ1) is 8.69. The molecule has 1 rings (SSSR count). The van der Waals surface area contributed by atoms with Gasteiger partial charge in [-0.1, -0.05) is 12.1 Å². The Kier molecular flexibility index (Phi) is 6.32. The first-order valence-electron chi connectivity index (χ1n) is 5.74. The molecule has 4 nitrogen and oxygen atoms in total. The number of halogens is 1. The van der Waals surface area contributed by atoms with Crippen molar-refractivity contribution in [3.8, 4) is 0 Å². The lowest BCUT2D eigenvalue weighted by Gasteiger charge is -2.16. The van der Waals surface area contributed by atoms with Crippen molar-refractivity contribution in [2.24, 2.45) is 0 Å². The molecule has 0 bridgehead atoms. The van der Waals surface area contributed by atoms with Gasteiger partial charge in [-0.3, -0.25) is 0 Å². The molecule has 0 heterocycles. The minimum absolute atomic E-state index is 0.332. The smallest absolute Gasteiger partial charge is 0.327 e. The van der Waals surface area contributed by atoms with Gasteiger partial charge in [0.25, 0.3) is 0 Å². The van der Waals surface area contributed by atoms with Gasteiger partial charge < -0.3 is 14.8 Å². The van der Waals surface area contributed by atoms with Gasteiger partial charge >= 0.3 is 5.97 Å². The number of methoxy groups -OCH3 is 2. The van der Waals surface area contributed by atoms with Crippen molar-refractivity contribution in [3.05, 3.63) is 35.6 Å². The van der Waals surface area contributed by atoms with Gasteiger partial charge in [-0.15, -0.1) is 0 Å². The number of carbonyl (C=O) groups excluding carboxylic acids is 1. The van der Waals surface area contributed by atoms with E-state index in [0.29, 0.717) is 18.7 Å². The Morgan fingerprint density at radius 2 is 2.00 bits per heavy atom. The van der Waals surface area contributed by atoms with Crippen LogP contribution in [-0.4, -0.2) is 33.3 Å². The molecule has 100 valence electrons. The first kappa shape index (κ1) is 14.6. The van der Waals surface area contributed by atoms with Crippen LogP contribution in [0.15, 0.2) is 24.3 Å². The third-order valence-corrected chi connectivity index (χ3v) is 2.51. The summed E-state index contributed by atoms with van der Waals surface area (Å²) < 4.78 is 22.5. The molecule has 1 unspecified atom stereocenters. The van der Waals surface area contributed by atoms with Crippen LogP contribution in [0.2, 0.25) is 0 Å². The maximum Gasteiger partial charge on any atom is 0.327 e. The van der Waals surface area contributed by atoms with Crippen LogP contribution in [0.5, 0.6) is 0 Å². The van der Waals surface area contributed by atoms with Crippen LogP contribution in [-0.2, 0) is 14.3 Å². The maximum absolute atomic E-state index is 12.8. The number of hydrogen-bond acceptors (Lipinski definition) is 4.